The van der Waals surface area contributed by atoms with Crippen LogP contribution in [0.5, 0.6) is 0 Å². The van der Waals surface area contributed by atoms with Crippen LogP contribution in [0.1, 0.15) is 6.92 Å². The summed E-state index contributed by atoms with van der Waals surface area (Å²) in [7, 11) is 1.75. The van der Waals surface area contributed by atoms with Crippen LogP contribution in [0.2, 0.25) is 0 Å². The van der Waals surface area contributed by atoms with Gasteiger partial charge in [0.1, 0.15) is 6.23 Å². The predicted octanol–water partition coefficient (Wildman–Crippen LogP) is -2.98. The van der Waals surface area contributed by atoms with Crippen LogP contribution in [0.15, 0.2) is 0 Å². The van der Waals surface area contributed by atoms with Gasteiger partial charge in [-0.2, -0.15) is 0 Å². The van der Waals surface area contributed by atoms with E-state index in [1.807, 2.05) is 6.92 Å². The van der Waals surface area contributed by atoms with Gasteiger partial charge < -0.3 is 21.5 Å². The minimum atomic E-state index is -0.659. The maximum atomic E-state index is 11.4. The fourth-order valence-electron chi connectivity index (χ4n) is 1.40. The second-order valence-corrected chi connectivity index (χ2v) is 4.20. The van der Waals surface area contributed by atoms with Crippen LogP contribution in [0.25, 0.3) is 0 Å². The molecule has 0 saturated carbocycles. The zero-order chi connectivity index (χ0) is 14.5. The Labute approximate surface area is 115 Å². The first-order chi connectivity index (χ1) is 9.10. The molecule has 0 saturated heterocycles. The Hall–Kier alpha value is -0.770. The summed E-state index contributed by atoms with van der Waals surface area (Å²) in [6.45, 7) is 5.98. The van der Waals surface area contributed by atoms with Gasteiger partial charge in [0.2, 0.25) is 5.91 Å². The summed E-state index contributed by atoms with van der Waals surface area (Å²) in [6, 6.07) is 0. The Morgan fingerprint density at radius 3 is 2.74 bits per heavy atom. The Kier molecular flexibility index (Phi) is 11.8. The minimum Gasteiger partial charge on any atom is -0.377 e. The van der Waals surface area contributed by atoms with Crippen LogP contribution < -0.4 is 27.1 Å². The van der Waals surface area contributed by atoms with Crippen molar-refractivity contribution in [1.29, 1.82) is 0 Å². The minimum absolute atomic E-state index is 0.154. The molecule has 8 nitrogen and oxygen atoms in total. The van der Waals surface area contributed by atoms with E-state index >= 15 is 0 Å². The highest BCUT2D eigenvalue weighted by molar-refractivity contribution is 5.77. The van der Waals surface area contributed by atoms with Gasteiger partial charge in [0.05, 0.1) is 6.54 Å². The van der Waals surface area contributed by atoms with Gasteiger partial charge in [0.25, 0.3) is 0 Å². The zero-order valence-electron chi connectivity index (χ0n) is 11.9. The fraction of sp³-hybridized carbons (Fsp3) is 0.909. The molecule has 0 radical (unpaired) electrons. The Bertz CT molecular complexity index is 229. The number of likely N-dealkylation sites (N-methyl/N-ethyl adjacent to an activating group) is 2. The molecule has 7 N–H and O–H groups in total. The highest BCUT2D eigenvalue weighted by Gasteiger charge is 2.06. The summed E-state index contributed by atoms with van der Waals surface area (Å²) in [6.07, 6.45) is -0.659. The van der Waals surface area contributed by atoms with Gasteiger partial charge >= 0.3 is 0 Å². The normalized spacial score (nSPS) is 12.7. The number of carbonyl (C=O) groups excluding carboxylic acids is 1. The van der Waals surface area contributed by atoms with Crippen molar-refractivity contribution in [2.24, 2.45) is 5.73 Å². The van der Waals surface area contributed by atoms with Crippen LogP contribution in [0, 0.1) is 0 Å². The number of nitrogens with one attached hydrogen (secondary N) is 4. The molecule has 0 rings (SSSR count). The molecular weight excluding hydrogens is 248 g/mol. The van der Waals surface area contributed by atoms with Crippen molar-refractivity contribution in [3.8, 4) is 0 Å². The van der Waals surface area contributed by atoms with Gasteiger partial charge in [-0.25, -0.2) is 5.01 Å². The van der Waals surface area contributed by atoms with Crippen molar-refractivity contribution in [3.63, 3.8) is 0 Å². The van der Waals surface area contributed by atoms with E-state index in [2.05, 4.69) is 21.4 Å². The molecule has 0 bridgehead atoms. The largest absolute Gasteiger partial charge is 0.377 e. The fourth-order valence-corrected chi connectivity index (χ4v) is 1.40. The number of hydrogen-bond acceptors (Lipinski definition) is 7. The average Bonchev–Trinajstić information content (AvgIpc) is 2.35. The SMILES string of the molecule is CCNCCNC(O)CNCC(=O)NN(C)CCN. The summed E-state index contributed by atoms with van der Waals surface area (Å²) < 4.78 is 0. The number of nitrogens with zero attached hydrogens (tertiary/aromatic N) is 1. The molecule has 1 unspecified atom stereocenters. The molecule has 1 atom stereocenters. The average molecular weight is 276 g/mol. The van der Waals surface area contributed by atoms with E-state index in [1.54, 1.807) is 12.1 Å². The number of nitrogens with two attached hydrogens (primary N) is 1. The van der Waals surface area contributed by atoms with Crippen LogP contribution in [-0.4, -0.2) is 75.1 Å². The van der Waals surface area contributed by atoms with Crippen molar-refractivity contribution in [2.75, 3.05) is 52.9 Å². The standard InChI is InChI=1S/C11H28N6O2/c1-3-13-5-6-15-10(18)8-14-9-11(19)16-17(2)7-4-12/h10,13-15,18H,3-9,12H2,1-2H3,(H,16,19). The molecule has 0 heterocycles. The summed E-state index contributed by atoms with van der Waals surface area (Å²) >= 11 is 0. The van der Waals surface area contributed by atoms with Crippen LogP contribution >= 0.6 is 0 Å². The molecule has 8 heteroatoms. The lowest BCUT2D eigenvalue weighted by atomic mass is 10.4. The second-order valence-electron chi connectivity index (χ2n) is 4.20. The van der Waals surface area contributed by atoms with Crippen molar-refractivity contribution in [3.05, 3.63) is 0 Å². The maximum absolute atomic E-state index is 11.4. The number of aliphatic hydroxyl groups excluding tert-OH is 1. The van der Waals surface area contributed by atoms with Gasteiger partial charge in [-0.1, -0.05) is 6.92 Å². The first-order valence-corrected chi connectivity index (χ1v) is 6.63. The lowest BCUT2D eigenvalue weighted by Gasteiger charge is -2.18. The Morgan fingerprint density at radius 1 is 1.37 bits per heavy atom. The first-order valence-electron chi connectivity index (χ1n) is 6.63. The summed E-state index contributed by atoms with van der Waals surface area (Å²) in [4.78, 5) is 11.4. The van der Waals surface area contributed by atoms with E-state index in [-0.39, 0.29) is 12.5 Å². The highest BCUT2D eigenvalue weighted by Crippen LogP contribution is 1.76. The zero-order valence-corrected chi connectivity index (χ0v) is 11.9. The highest BCUT2D eigenvalue weighted by atomic mass is 16.3. The van der Waals surface area contributed by atoms with Gasteiger partial charge in [-0.3, -0.25) is 15.5 Å². The summed E-state index contributed by atoms with van der Waals surface area (Å²) in [5.41, 5.74) is 8.01. The van der Waals surface area contributed by atoms with Crippen molar-refractivity contribution in [1.82, 2.24) is 26.4 Å². The number of rotatable bonds is 12. The van der Waals surface area contributed by atoms with Crippen molar-refractivity contribution < 1.29 is 9.90 Å². The monoisotopic (exact) mass is 276 g/mol. The van der Waals surface area contributed by atoms with E-state index in [9.17, 15) is 9.90 Å². The molecule has 0 aromatic rings. The predicted molar refractivity (Wildman–Crippen MR) is 75.3 cm³/mol. The maximum Gasteiger partial charge on any atom is 0.248 e. The molecule has 0 spiro atoms. The molecule has 0 aliphatic carbocycles. The van der Waals surface area contributed by atoms with Crippen LogP contribution in [0.3, 0.4) is 0 Å². The Morgan fingerprint density at radius 2 is 2.11 bits per heavy atom. The van der Waals surface area contributed by atoms with E-state index in [4.69, 9.17) is 5.73 Å². The van der Waals surface area contributed by atoms with Gasteiger partial charge in [-0.15, -0.1) is 0 Å². The van der Waals surface area contributed by atoms with Gasteiger partial charge in [-0.05, 0) is 6.54 Å². The first kappa shape index (κ1) is 18.2. The molecule has 0 aliphatic rings. The van der Waals surface area contributed by atoms with Crippen molar-refractivity contribution in [2.45, 2.75) is 13.2 Å². The lowest BCUT2D eigenvalue weighted by Crippen LogP contribution is -2.48. The number of hydrazine groups is 1. The van der Waals surface area contributed by atoms with Crippen molar-refractivity contribution >= 4 is 5.91 Å². The third kappa shape index (κ3) is 12.0. The molecule has 0 aromatic heterocycles. The third-order valence-corrected chi connectivity index (χ3v) is 2.34. The molecule has 0 fully saturated rings. The molecule has 19 heavy (non-hydrogen) atoms. The number of hydrogen-bond donors (Lipinski definition) is 6. The lowest BCUT2D eigenvalue weighted by molar-refractivity contribution is -0.124. The molecular formula is C11H28N6O2. The quantitative estimate of drug-likeness (QED) is 0.128. The molecule has 0 aromatic carbocycles. The second kappa shape index (κ2) is 12.3. The Balaban J connectivity index is 3.47. The van der Waals surface area contributed by atoms with Gasteiger partial charge in [0, 0.05) is 39.8 Å². The van der Waals surface area contributed by atoms with E-state index in [1.165, 1.54) is 0 Å². The van der Waals surface area contributed by atoms with E-state index < -0.39 is 6.23 Å². The number of amides is 1. The van der Waals surface area contributed by atoms with Crippen LogP contribution in [-0.2, 0) is 4.79 Å². The summed E-state index contributed by atoms with van der Waals surface area (Å²) in [5.74, 6) is -0.157. The topological polar surface area (TPSA) is 115 Å². The molecule has 0 aliphatic heterocycles. The van der Waals surface area contributed by atoms with Crippen LogP contribution in [0.4, 0.5) is 0 Å². The number of carbonyl (C=O) groups is 1. The van der Waals surface area contributed by atoms with Gasteiger partial charge in [0.15, 0.2) is 0 Å². The van der Waals surface area contributed by atoms with E-state index in [0.717, 1.165) is 13.1 Å². The smallest absolute Gasteiger partial charge is 0.248 e. The number of aliphatic hydroxyl groups is 1. The molecule has 1 amide bonds. The molecule has 114 valence electrons. The third-order valence-electron chi connectivity index (χ3n) is 2.34. The van der Waals surface area contributed by atoms with E-state index in [0.29, 0.717) is 26.2 Å². The summed E-state index contributed by atoms with van der Waals surface area (Å²) in [5, 5.41) is 20.1.